The number of ether oxygens (including phenoxy) is 1. The highest BCUT2D eigenvalue weighted by Crippen LogP contribution is 2.29. The molecule has 1 aliphatic carbocycles. The number of carbonyl (C=O) groups excluding carboxylic acids is 1. The van der Waals surface area contributed by atoms with E-state index in [2.05, 4.69) is 5.32 Å². The molecule has 0 aliphatic heterocycles. The second kappa shape index (κ2) is 6.94. The minimum absolute atomic E-state index is 0.0243. The van der Waals surface area contributed by atoms with Gasteiger partial charge in [0.1, 0.15) is 12.4 Å². The summed E-state index contributed by atoms with van der Waals surface area (Å²) in [5.41, 5.74) is 7.14. The Labute approximate surface area is 127 Å². The van der Waals surface area contributed by atoms with Gasteiger partial charge in [-0.15, -0.1) is 0 Å². The van der Waals surface area contributed by atoms with E-state index < -0.39 is 0 Å². The van der Waals surface area contributed by atoms with Crippen LogP contribution in [0.2, 0.25) is 0 Å². The quantitative estimate of drug-likeness (QED) is 0.846. The van der Waals surface area contributed by atoms with E-state index >= 15 is 0 Å². The molecule has 0 radical (unpaired) electrons. The molecule has 0 bridgehead atoms. The van der Waals surface area contributed by atoms with Gasteiger partial charge < -0.3 is 15.8 Å². The van der Waals surface area contributed by atoms with Crippen molar-refractivity contribution in [3.05, 3.63) is 29.8 Å². The van der Waals surface area contributed by atoms with E-state index in [1.807, 2.05) is 38.1 Å². The fraction of sp³-hybridized carbons (Fsp3) is 0.588. The zero-order chi connectivity index (χ0) is 15.3. The van der Waals surface area contributed by atoms with Crippen molar-refractivity contribution >= 4 is 5.91 Å². The van der Waals surface area contributed by atoms with Crippen molar-refractivity contribution in [3.63, 3.8) is 0 Å². The molecule has 1 atom stereocenters. The van der Waals surface area contributed by atoms with Gasteiger partial charge in [0.15, 0.2) is 0 Å². The van der Waals surface area contributed by atoms with Gasteiger partial charge in [0.2, 0.25) is 5.91 Å². The van der Waals surface area contributed by atoms with Crippen molar-refractivity contribution in [2.75, 3.05) is 6.61 Å². The SMILES string of the molecule is Cc1ccc(OCC(C)NC(=O)CC2(N)CCCC2)cc1. The Morgan fingerprint density at radius 2 is 1.95 bits per heavy atom. The number of nitrogens with one attached hydrogen (secondary N) is 1. The van der Waals surface area contributed by atoms with Crippen LogP contribution in [0.5, 0.6) is 5.75 Å². The Morgan fingerprint density at radius 1 is 1.33 bits per heavy atom. The number of rotatable bonds is 6. The summed E-state index contributed by atoms with van der Waals surface area (Å²) < 4.78 is 5.67. The molecule has 3 N–H and O–H groups in total. The van der Waals surface area contributed by atoms with Crippen molar-refractivity contribution in [3.8, 4) is 5.75 Å². The maximum Gasteiger partial charge on any atom is 0.222 e. The van der Waals surface area contributed by atoms with Crippen molar-refractivity contribution in [1.82, 2.24) is 5.32 Å². The Kier molecular flexibility index (Phi) is 5.23. The van der Waals surface area contributed by atoms with Crippen LogP contribution >= 0.6 is 0 Å². The number of benzene rings is 1. The standard InChI is InChI=1S/C17H26N2O2/c1-13-5-7-15(8-6-13)21-12-14(2)19-16(20)11-17(18)9-3-4-10-17/h5-8,14H,3-4,9-12,18H2,1-2H3,(H,19,20). The zero-order valence-corrected chi connectivity index (χ0v) is 13.0. The molecule has 1 unspecified atom stereocenters. The van der Waals surface area contributed by atoms with E-state index in [-0.39, 0.29) is 17.5 Å². The van der Waals surface area contributed by atoms with Crippen LogP contribution in [0.4, 0.5) is 0 Å². The number of carbonyl (C=O) groups is 1. The Bertz CT molecular complexity index is 464. The molecule has 1 saturated carbocycles. The molecule has 1 aromatic rings. The van der Waals surface area contributed by atoms with Gasteiger partial charge in [0.05, 0.1) is 6.04 Å². The van der Waals surface area contributed by atoms with Gasteiger partial charge in [-0.05, 0) is 38.8 Å². The summed E-state index contributed by atoms with van der Waals surface area (Å²) in [7, 11) is 0. The number of amides is 1. The minimum Gasteiger partial charge on any atom is -0.491 e. The number of hydrogen-bond donors (Lipinski definition) is 2. The van der Waals surface area contributed by atoms with Gasteiger partial charge in [-0.2, -0.15) is 0 Å². The Morgan fingerprint density at radius 3 is 2.57 bits per heavy atom. The van der Waals surface area contributed by atoms with Gasteiger partial charge in [-0.25, -0.2) is 0 Å². The monoisotopic (exact) mass is 290 g/mol. The lowest BCUT2D eigenvalue weighted by molar-refractivity contribution is -0.123. The molecule has 21 heavy (non-hydrogen) atoms. The first-order chi connectivity index (χ1) is 9.97. The fourth-order valence-corrected chi connectivity index (χ4v) is 2.80. The summed E-state index contributed by atoms with van der Waals surface area (Å²) in [5.74, 6) is 0.854. The first kappa shape index (κ1) is 15.8. The third kappa shape index (κ3) is 5.05. The maximum absolute atomic E-state index is 12.0. The number of nitrogens with two attached hydrogens (primary N) is 1. The lowest BCUT2D eigenvalue weighted by Gasteiger charge is -2.24. The minimum atomic E-state index is -0.290. The highest BCUT2D eigenvalue weighted by Gasteiger charge is 2.31. The molecule has 1 amide bonds. The Hall–Kier alpha value is -1.55. The van der Waals surface area contributed by atoms with E-state index in [1.165, 1.54) is 5.56 Å². The van der Waals surface area contributed by atoms with Crippen LogP contribution in [-0.4, -0.2) is 24.1 Å². The molecule has 0 saturated heterocycles. The molecule has 4 nitrogen and oxygen atoms in total. The molecular formula is C17H26N2O2. The van der Waals surface area contributed by atoms with Crippen LogP contribution in [0.25, 0.3) is 0 Å². The van der Waals surface area contributed by atoms with Crippen LogP contribution in [0.15, 0.2) is 24.3 Å². The predicted octanol–water partition coefficient (Wildman–Crippen LogP) is 2.54. The Balaban J connectivity index is 1.72. The summed E-state index contributed by atoms with van der Waals surface area (Å²) in [6.45, 7) is 4.45. The lowest BCUT2D eigenvalue weighted by Crippen LogP contribution is -2.45. The van der Waals surface area contributed by atoms with Crippen molar-refractivity contribution < 1.29 is 9.53 Å². The molecule has 1 aromatic carbocycles. The van der Waals surface area contributed by atoms with Crippen LogP contribution in [0.3, 0.4) is 0 Å². The molecule has 1 aliphatic rings. The van der Waals surface area contributed by atoms with Crippen LogP contribution in [0.1, 0.15) is 44.6 Å². The summed E-state index contributed by atoms with van der Waals surface area (Å²) in [6, 6.07) is 7.88. The van der Waals surface area contributed by atoms with Crippen LogP contribution < -0.4 is 15.8 Å². The largest absolute Gasteiger partial charge is 0.491 e. The summed E-state index contributed by atoms with van der Waals surface area (Å²) in [5, 5.41) is 2.97. The molecule has 4 heteroatoms. The van der Waals surface area contributed by atoms with Crippen molar-refractivity contribution in [1.29, 1.82) is 0 Å². The average molecular weight is 290 g/mol. The highest BCUT2D eigenvalue weighted by atomic mass is 16.5. The normalized spacial score (nSPS) is 18.2. The molecule has 1 fully saturated rings. The van der Waals surface area contributed by atoms with Crippen molar-refractivity contribution in [2.24, 2.45) is 5.73 Å². The summed E-state index contributed by atoms with van der Waals surface area (Å²) >= 11 is 0. The van der Waals surface area contributed by atoms with Crippen LogP contribution in [-0.2, 0) is 4.79 Å². The van der Waals surface area contributed by atoms with Gasteiger partial charge >= 0.3 is 0 Å². The van der Waals surface area contributed by atoms with Gasteiger partial charge in [0.25, 0.3) is 0 Å². The smallest absolute Gasteiger partial charge is 0.222 e. The van der Waals surface area contributed by atoms with Crippen LogP contribution in [0, 0.1) is 6.92 Å². The first-order valence-corrected chi connectivity index (χ1v) is 7.75. The molecule has 116 valence electrons. The highest BCUT2D eigenvalue weighted by molar-refractivity contribution is 5.77. The number of hydrogen-bond acceptors (Lipinski definition) is 3. The molecule has 0 heterocycles. The average Bonchev–Trinajstić information content (AvgIpc) is 2.84. The van der Waals surface area contributed by atoms with E-state index in [9.17, 15) is 4.79 Å². The summed E-state index contributed by atoms with van der Waals surface area (Å²) in [4.78, 5) is 12.0. The molecular weight excluding hydrogens is 264 g/mol. The lowest BCUT2D eigenvalue weighted by atomic mass is 9.94. The van der Waals surface area contributed by atoms with E-state index in [4.69, 9.17) is 10.5 Å². The van der Waals surface area contributed by atoms with Gasteiger partial charge in [0, 0.05) is 12.0 Å². The second-order valence-electron chi connectivity index (χ2n) is 6.34. The topological polar surface area (TPSA) is 64.3 Å². The summed E-state index contributed by atoms with van der Waals surface area (Å²) in [6.07, 6.45) is 4.59. The van der Waals surface area contributed by atoms with E-state index in [0.717, 1.165) is 31.4 Å². The predicted molar refractivity (Wildman–Crippen MR) is 84.3 cm³/mol. The zero-order valence-electron chi connectivity index (χ0n) is 13.0. The van der Waals surface area contributed by atoms with Gasteiger partial charge in [-0.1, -0.05) is 30.5 Å². The van der Waals surface area contributed by atoms with E-state index in [1.54, 1.807) is 0 Å². The first-order valence-electron chi connectivity index (χ1n) is 7.75. The second-order valence-corrected chi connectivity index (χ2v) is 6.34. The third-order valence-corrected chi connectivity index (χ3v) is 4.04. The maximum atomic E-state index is 12.0. The van der Waals surface area contributed by atoms with E-state index in [0.29, 0.717) is 13.0 Å². The van der Waals surface area contributed by atoms with Gasteiger partial charge in [-0.3, -0.25) is 4.79 Å². The molecule has 2 rings (SSSR count). The molecule has 0 spiro atoms. The van der Waals surface area contributed by atoms with Crippen molar-refractivity contribution in [2.45, 2.75) is 57.5 Å². The number of aryl methyl sites for hydroxylation is 1. The fourth-order valence-electron chi connectivity index (χ4n) is 2.80. The third-order valence-electron chi connectivity index (χ3n) is 4.04. The molecule has 0 aromatic heterocycles.